The van der Waals surface area contributed by atoms with Gasteiger partial charge in [0, 0.05) is 5.39 Å². The number of non-ortho nitro benzene ring substituents is 1. The second kappa shape index (κ2) is 3.70. The van der Waals surface area contributed by atoms with E-state index in [-0.39, 0.29) is 11.4 Å². The normalized spacial score (nSPS) is 10.9. The highest BCUT2D eigenvalue weighted by Gasteiger charge is 2.18. The lowest BCUT2D eigenvalue weighted by Crippen LogP contribution is -1.91. The number of phenols is 1. The van der Waals surface area contributed by atoms with Gasteiger partial charge in [0.25, 0.3) is 5.69 Å². The molecule has 0 aliphatic rings. The lowest BCUT2D eigenvalue weighted by Gasteiger charge is -2.05. The molecule has 1 N–H and O–H groups in total. The first-order chi connectivity index (χ1) is 8.68. The molecule has 18 heavy (non-hydrogen) atoms. The number of nitrogens with zero attached hydrogens (tertiary/aromatic N) is 1. The average Bonchev–Trinajstić information content (AvgIpc) is 2.36. The van der Waals surface area contributed by atoms with Gasteiger partial charge >= 0.3 is 0 Å². The molecule has 3 rings (SSSR count). The Morgan fingerprint density at radius 3 is 2.44 bits per heavy atom. The zero-order chi connectivity index (χ0) is 12.7. The van der Waals surface area contributed by atoms with Crippen molar-refractivity contribution in [2.75, 3.05) is 0 Å². The second-order valence-corrected chi connectivity index (χ2v) is 4.08. The molecule has 0 unspecified atom stereocenters. The Kier molecular flexibility index (Phi) is 2.16. The summed E-state index contributed by atoms with van der Waals surface area (Å²) in [4.78, 5) is 10.9. The van der Waals surface area contributed by atoms with Crippen LogP contribution in [0, 0.1) is 10.1 Å². The molecule has 88 valence electrons. The van der Waals surface area contributed by atoms with Crippen molar-refractivity contribution in [1.29, 1.82) is 0 Å². The number of nitro benzene ring substituents is 1. The van der Waals surface area contributed by atoms with Gasteiger partial charge in [-0.1, -0.05) is 24.3 Å². The van der Waals surface area contributed by atoms with Crippen LogP contribution in [0.4, 0.5) is 5.69 Å². The summed E-state index contributed by atoms with van der Waals surface area (Å²) in [5, 5.41) is 23.4. The van der Waals surface area contributed by atoms with Crippen LogP contribution in [0.15, 0.2) is 48.5 Å². The van der Waals surface area contributed by atoms with Gasteiger partial charge in [0.2, 0.25) is 0 Å². The molecule has 0 spiro atoms. The maximum absolute atomic E-state index is 11.3. The number of rotatable bonds is 1. The average molecular weight is 239 g/mol. The fourth-order valence-electron chi connectivity index (χ4n) is 2.25. The highest BCUT2D eigenvalue weighted by Crippen LogP contribution is 2.37. The van der Waals surface area contributed by atoms with Crippen molar-refractivity contribution >= 4 is 27.2 Å². The Morgan fingerprint density at radius 1 is 0.944 bits per heavy atom. The zero-order valence-electron chi connectivity index (χ0n) is 9.33. The number of phenolic OH excluding ortho intramolecular Hbond substituents is 1. The molecule has 0 aliphatic carbocycles. The molecule has 0 heterocycles. The molecule has 4 heteroatoms. The molecule has 0 saturated heterocycles. The maximum Gasteiger partial charge on any atom is 0.285 e. The molecule has 0 aliphatic heterocycles. The smallest absolute Gasteiger partial charge is 0.285 e. The van der Waals surface area contributed by atoms with Crippen LogP contribution in [0.2, 0.25) is 0 Å². The lowest BCUT2D eigenvalue weighted by atomic mass is 10.0. The van der Waals surface area contributed by atoms with Crippen LogP contribution in [-0.4, -0.2) is 10.0 Å². The highest BCUT2D eigenvalue weighted by molar-refractivity contribution is 6.09. The Balaban J connectivity index is 2.63. The minimum atomic E-state index is -0.399. The standard InChI is InChI=1S/C14H9NO3/c16-13-7-3-6-11-12(13)8-9-4-1-2-5-10(9)14(11)15(17)18/h1-8,16H. The van der Waals surface area contributed by atoms with Crippen molar-refractivity contribution < 1.29 is 10.0 Å². The van der Waals surface area contributed by atoms with E-state index in [0.717, 1.165) is 5.39 Å². The number of hydrogen-bond donors (Lipinski definition) is 1. The lowest BCUT2D eigenvalue weighted by molar-refractivity contribution is -0.381. The molecule has 0 atom stereocenters. The van der Waals surface area contributed by atoms with Gasteiger partial charge < -0.3 is 5.11 Å². The third kappa shape index (κ3) is 1.39. The summed E-state index contributed by atoms with van der Waals surface area (Å²) >= 11 is 0. The van der Waals surface area contributed by atoms with E-state index in [1.165, 1.54) is 6.07 Å². The third-order valence-corrected chi connectivity index (χ3v) is 3.04. The largest absolute Gasteiger partial charge is 0.507 e. The van der Waals surface area contributed by atoms with Crippen LogP contribution >= 0.6 is 0 Å². The number of nitro groups is 1. The summed E-state index contributed by atoms with van der Waals surface area (Å²) in [5.74, 6) is 0.0568. The quantitative estimate of drug-likeness (QED) is 0.401. The molecule has 0 bridgehead atoms. The summed E-state index contributed by atoms with van der Waals surface area (Å²) in [6, 6.07) is 13.7. The molecule has 0 fully saturated rings. The number of benzene rings is 3. The van der Waals surface area contributed by atoms with Crippen molar-refractivity contribution in [1.82, 2.24) is 0 Å². The first-order valence-corrected chi connectivity index (χ1v) is 5.46. The summed E-state index contributed by atoms with van der Waals surface area (Å²) in [5.41, 5.74) is 0.0407. The van der Waals surface area contributed by atoms with Gasteiger partial charge in [-0.2, -0.15) is 0 Å². The van der Waals surface area contributed by atoms with Crippen LogP contribution in [0.5, 0.6) is 5.75 Å². The molecule has 3 aromatic rings. The van der Waals surface area contributed by atoms with Gasteiger partial charge in [0.05, 0.1) is 15.7 Å². The van der Waals surface area contributed by atoms with Crippen molar-refractivity contribution in [3.8, 4) is 5.75 Å². The zero-order valence-corrected chi connectivity index (χ0v) is 9.33. The van der Waals surface area contributed by atoms with E-state index in [1.54, 1.807) is 36.4 Å². The van der Waals surface area contributed by atoms with Crippen LogP contribution in [0.1, 0.15) is 0 Å². The van der Waals surface area contributed by atoms with E-state index in [2.05, 4.69) is 0 Å². The Morgan fingerprint density at radius 2 is 1.67 bits per heavy atom. The van der Waals surface area contributed by atoms with E-state index >= 15 is 0 Å². The summed E-state index contributed by atoms with van der Waals surface area (Å²) in [6.07, 6.45) is 0. The van der Waals surface area contributed by atoms with Crippen molar-refractivity contribution in [3.05, 3.63) is 58.6 Å². The monoisotopic (exact) mass is 239 g/mol. The van der Waals surface area contributed by atoms with E-state index in [4.69, 9.17) is 0 Å². The van der Waals surface area contributed by atoms with E-state index in [9.17, 15) is 15.2 Å². The minimum Gasteiger partial charge on any atom is -0.507 e. The minimum absolute atomic E-state index is 0.0407. The molecule has 4 nitrogen and oxygen atoms in total. The first kappa shape index (κ1) is 10.5. The van der Waals surface area contributed by atoms with Crippen molar-refractivity contribution in [2.24, 2.45) is 0 Å². The van der Waals surface area contributed by atoms with Crippen LogP contribution in [0.3, 0.4) is 0 Å². The fraction of sp³-hybridized carbons (Fsp3) is 0. The van der Waals surface area contributed by atoms with E-state index in [1.807, 2.05) is 6.07 Å². The van der Waals surface area contributed by atoms with E-state index < -0.39 is 4.92 Å². The summed E-state index contributed by atoms with van der Waals surface area (Å²) in [6.45, 7) is 0. The first-order valence-electron chi connectivity index (χ1n) is 5.46. The molecule has 0 saturated carbocycles. The Bertz CT molecular complexity index is 780. The fourth-order valence-corrected chi connectivity index (χ4v) is 2.25. The van der Waals surface area contributed by atoms with Gasteiger partial charge in [-0.15, -0.1) is 0 Å². The number of hydrogen-bond acceptors (Lipinski definition) is 3. The molecule has 0 radical (unpaired) electrons. The second-order valence-electron chi connectivity index (χ2n) is 4.08. The van der Waals surface area contributed by atoms with Crippen molar-refractivity contribution in [3.63, 3.8) is 0 Å². The summed E-state index contributed by atoms with van der Waals surface area (Å²) in [7, 11) is 0. The molecular formula is C14H9NO3. The van der Waals surface area contributed by atoms with Crippen LogP contribution in [-0.2, 0) is 0 Å². The van der Waals surface area contributed by atoms with Crippen molar-refractivity contribution in [2.45, 2.75) is 0 Å². The third-order valence-electron chi connectivity index (χ3n) is 3.04. The molecular weight excluding hydrogens is 230 g/mol. The Hall–Kier alpha value is -2.62. The Labute approximate surface area is 102 Å². The van der Waals surface area contributed by atoms with Gasteiger partial charge in [0.15, 0.2) is 0 Å². The molecule has 0 amide bonds. The SMILES string of the molecule is O=[N+]([O-])c1c2ccccc2cc2c(O)cccc12. The van der Waals surface area contributed by atoms with Gasteiger partial charge in [-0.25, -0.2) is 0 Å². The molecule has 0 aromatic heterocycles. The predicted molar refractivity (Wildman–Crippen MR) is 69.8 cm³/mol. The van der Waals surface area contributed by atoms with E-state index in [0.29, 0.717) is 16.2 Å². The summed E-state index contributed by atoms with van der Waals surface area (Å²) < 4.78 is 0. The molecule has 3 aromatic carbocycles. The van der Waals surface area contributed by atoms with Gasteiger partial charge in [0.1, 0.15) is 5.75 Å². The predicted octanol–water partition coefficient (Wildman–Crippen LogP) is 3.61. The van der Waals surface area contributed by atoms with Crippen LogP contribution < -0.4 is 0 Å². The van der Waals surface area contributed by atoms with Crippen LogP contribution in [0.25, 0.3) is 21.5 Å². The number of fused-ring (bicyclic) bond motifs is 2. The van der Waals surface area contributed by atoms with Gasteiger partial charge in [-0.3, -0.25) is 10.1 Å². The topological polar surface area (TPSA) is 63.4 Å². The highest BCUT2D eigenvalue weighted by atomic mass is 16.6. The van der Waals surface area contributed by atoms with Gasteiger partial charge in [-0.05, 0) is 29.7 Å². The number of aromatic hydroxyl groups is 1. The maximum atomic E-state index is 11.3.